The second-order valence-electron chi connectivity index (χ2n) is 5.76. The summed E-state index contributed by atoms with van der Waals surface area (Å²) in [6.45, 7) is 1.83. The fourth-order valence-corrected chi connectivity index (χ4v) is 4.35. The number of thioether (sulfide) groups is 1. The Hall–Kier alpha value is -2.23. The quantitative estimate of drug-likeness (QED) is 0.428. The van der Waals surface area contributed by atoms with Gasteiger partial charge in [0.2, 0.25) is 5.91 Å². The maximum atomic E-state index is 13.3. The van der Waals surface area contributed by atoms with Crippen molar-refractivity contribution in [2.45, 2.75) is 18.5 Å². The molecule has 1 N–H and O–H groups in total. The number of nitrogens with zero attached hydrogens (tertiary/aromatic N) is 3. The first kappa shape index (κ1) is 20.5. The molecule has 0 saturated heterocycles. The molecule has 28 heavy (non-hydrogen) atoms. The number of amides is 1. The molecule has 146 valence electrons. The van der Waals surface area contributed by atoms with Gasteiger partial charge in [0.25, 0.3) is 0 Å². The first-order chi connectivity index (χ1) is 13.4. The number of carbonyl (C=O) groups excluding carboxylic acids is 2. The molecule has 0 aliphatic heterocycles. The van der Waals surface area contributed by atoms with Crippen molar-refractivity contribution in [2.75, 3.05) is 12.3 Å². The molecule has 0 radical (unpaired) electrons. The molecule has 0 atom stereocenters. The third-order valence-corrected chi connectivity index (χ3v) is 5.89. The number of hydrogen-bond acceptors (Lipinski definition) is 6. The van der Waals surface area contributed by atoms with Gasteiger partial charge in [-0.05, 0) is 36.4 Å². The van der Waals surface area contributed by atoms with Gasteiger partial charge >= 0.3 is 0 Å². The molecule has 1 aromatic carbocycles. The number of ketones is 1. The van der Waals surface area contributed by atoms with Crippen LogP contribution in [0.4, 0.5) is 4.39 Å². The molecule has 3 aromatic rings. The van der Waals surface area contributed by atoms with Crippen LogP contribution in [0.15, 0.2) is 41.6 Å². The summed E-state index contributed by atoms with van der Waals surface area (Å²) in [6, 6.07) is 9.31. The Bertz CT molecular complexity index is 988. The summed E-state index contributed by atoms with van der Waals surface area (Å²) in [5.41, 5.74) is 0.679. The number of rotatable bonds is 8. The van der Waals surface area contributed by atoms with Crippen molar-refractivity contribution >= 4 is 46.4 Å². The van der Waals surface area contributed by atoms with Crippen molar-refractivity contribution in [2.24, 2.45) is 0 Å². The minimum atomic E-state index is -0.351. The van der Waals surface area contributed by atoms with Crippen LogP contribution in [0.1, 0.15) is 22.4 Å². The van der Waals surface area contributed by atoms with Crippen LogP contribution in [0.25, 0.3) is 5.69 Å². The molecular formula is C18H16ClFN4O2S2. The molecule has 2 heterocycles. The molecule has 0 saturated carbocycles. The highest BCUT2D eigenvalue weighted by Crippen LogP contribution is 2.26. The maximum absolute atomic E-state index is 13.3. The van der Waals surface area contributed by atoms with E-state index in [1.165, 1.54) is 42.2 Å². The van der Waals surface area contributed by atoms with E-state index in [4.69, 9.17) is 11.6 Å². The first-order valence-electron chi connectivity index (χ1n) is 8.30. The number of thiophene rings is 1. The van der Waals surface area contributed by atoms with Gasteiger partial charge < -0.3 is 5.32 Å². The zero-order chi connectivity index (χ0) is 20.1. The van der Waals surface area contributed by atoms with Crippen molar-refractivity contribution in [1.29, 1.82) is 0 Å². The largest absolute Gasteiger partial charge is 0.356 e. The number of carbonyl (C=O) groups is 2. The fourth-order valence-electron chi connectivity index (χ4n) is 2.42. The molecule has 10 heteroatoms. The molecule has 0 fully saturated rings. The molecule has 0 unspecified atom stereocenters. The van der Waals surface area contributed by atoms with E-state index in [-0.39, 0.29) is 23.3 Å². The minimum absolute atomic E-state index is 0.0599. The van der Waals surface area contributed by atoms with E-state index in [1.807, 2.05) is 0 Å². The molecule has 0 bridgehead atoms. The van der Waals surface area contributed by atoms with Gasteiger partial charge in [-0.15, -0.1) is 21.5 Å². The predicted octanol–water partition coefficient (Wildman–Crippen LogP) is 3.77. The van der Waals surface area contributed by atoms with Gasteiger partial charge in [-0.2, -0.15) is 0 Å². The molecule has 0 aliphatic rings. The number of hydrogen-bond donors (Lipinski definition) is 1. The third kappa shape index (κ3) is 5.18. The molecule has 0 aliphatic carbocycles. The molecule has 3 rings (SSSR count). The van der Waals surface area contributed by atoms with Crippen molar-refractivity contribution < 1.29 is 14.0 Å². The van der Waals surface area contributed by atoms with E-state index < -0.39 is 0 Å². The lowest BCUT2D eigenvalue weighted by molar-refractivity contribution is -0.118. The topological polar surface area (TPSA) is 76.9 Å². The fraction of sp³-hybridized carbons (Fsp3) is 0.222. The average molecular weight is 439 g/mol. The highest BCUT2D eigenvalue weighted by molar-refractivity contribution is 7.99. The molecule has 0 spiro atoms. The Morgan fingerprint density at radius 1 is 1.21 bits per heavy atom. The van der Waals surface area contributed by atoms with E-state index in [1.54, 1.807) is 28.8 Å². The van der Waals surface area contributed by atoms with Gasteiger partial charge in [0.15, 0.2) is 10.9 Å². The lowest BCUT2D eigenvalue weighted by atomic mass is 10.3. The van der Waals surface area contributed by atoms with Gasteiger partial charge in [0.05, 0.1) is 15.0 Å². The van der Waals surface area contributed by atoms with Gasteiger partial charge in [0, 0.05) is 25.6 Å². The Morgan fingerprint density at radius 3 is 2.61 bits per heavy atom. The van der Waals surface area contributed by atoms with Crippen LogP contribution in [0.3, 0.4) is 0 Å². The number of halogens is 2. The summed E-state index contributed by atoms with van der Waals surface area (Å²) in [4.78, 5) is 24.0. The van der Waals surface area contributed by atoms with Crippen LogP contribution in [0.5, 0.6) is 0 Å². The van der Waals surface area contributed by atoms with Crippen LogP contribution in [0.2, 0.25) is 4.34 Å². The third-order valence-electron chi connectivity index (χ3n) is 3.69. The first-order valence-corrected chi connectivity index (χ1v) is 10.5. The summed E-state index contributed by atoms with van der Waals surface area (Å²) >= 11 is 8.36. The highest BCUT2D eigenvalue weighted by atomic mass is 35.5. The van der Waals surface area contributed by atoms with E-state index in [2.05, 4.69) is 15.5 Å². The Morgan fingerprint density at radius 2 is 1.96 bits per heavy atom. The summed E-state index contributed by atoms with van der Waals surface area (Å²) in [7, 11) is 0. The molecule has 2 aromatic heterocycles. The molecular weight excluding hydrogens is 423 g/mol. The second-order valence-corrected chi connectivity index (χ2v) is 8.42. The summed E-state index contributed by atoms with van der Waals surface area (Å²) in [5, 5.41) is 11.6. The van der Waals surface area contributed by atoms with Crippen LogP contribution < -0.4 is 5.32 Å². The molecule has 1 amide bonds. The smallest absolute Gasteiger partial charge is 0.216 e. The van der Waals surface area contributed by atoms with E-state index in [9.17, 15) is 14.0 Å². The monoisotopic (exact) mass is 438 g/mol. The lowest BCUT2D eigenvalue weighted by Crippen LogP contribution is -2.23. The van der Waals surface area contributed by atoms with Crippen LogP contribution >= 0.6 is 34.7 Å². The lowest BCUT2D eigenvalue weighted by Gasteiger charge is -2.10. The number of benzene rings is 1. The van der Waals surface area contributed by atoms with Crippen molar-refractivity contribution in [3.63, 3.8) is 0 Å². The van der Waals surface area contributed by atoms with Gasteiger partial charge in [-0.25, -0.2) is 4.39 Å². The number of aromatic nitrogens is 3. The zero-order valence-electron chi connectivity index (χ0n) is 14.8. The van der Waals surface area contributed by atoms with Crippen LogP contribution in [0, 0.1) is 5.82 Å². The summed E-state index contributed by atoms with van der Waals surface area (Å²) in [5.74, 6) is 0.227. The summed E-state index contributed by atoms with van der Waals surface area (Å²) < 4.78 is 15.6. The SMILES string of the molecule is CC(=O)NCCc1nnc(SCC(=O)c2ccc(Cl)s2)n1-c1ccc(F)cc1. The van der Waals surface area contributed by atoms with Crippen LogP contribution in [-0.2, 0) is 11.2 Å². The Balaban J connectivity index is 1.81. The van der Waals surface area contributed by atoms with E-state index in [0.717, 1.165) is 0 Å². The standard InChI is InChI=1S/C18H16ClFN4O2S2/c1-11(25)21-9-8-17-22-23-18(24(17)13-4-2-12(20)3-5-13)27-10-14(26)15-6-7-16(19)28-15/h2-7H,8-10H2,1H3,(H,21,25). The van der Waals surface area contributed by atoms with Gasteiger partial charge in [-0.3, -0.25) is 14.2 Å². The Labute approximate surface area is 174 Å². The normalized spacial score (nSPS) is 10.8. The maximum Gasteiger partial charge on any atom is 0.216 e. The van der Waals surface area contributed by atoms with Gasteiger partial charge in [0.1, 0.15) is 11.6 Å². The summed E-state index contributed by atoms with van der Waals surface area (Å²) in [6.07, 6.45) is 0.443. The Kier molecular flexibility index (Phi) is 6.82. The minimum Gasteiger partial charge on any atom is -0.356 e. The number of Topliss-reactive ketones (excluding diaryl/α,β-unsaturated/α-hetero) is 1. The van der Waals surface area contributed by atoms with Crippen LogP contribution in [-0.4, -0.2) is 38.8 Å². The zero-order valence-corrected chi connectivity index (χ0v) is 17.2. The number of nitrogens with one attached hydrogen (secondary N) is 1. The van der Waals surface area contributed by atoms with E-state index in [0.29, 0.717) is 38.8 Å². The van der Waals surface area contributed by atoms with Crippen molar-refractivity contribution in [1.82, 2.24) is 20.1 Å². The van der Waals surface area contributed by atoms with Crippen molar-refractivity contribution in [3.8, 4) is 5.69 Å². The van der Waals surface area contributed by atoms with E-state index >= 15 is 0 Å². The molecule has 6 nitrogen and oxygen atoms in total. The highest BCUT2D eigenvalue weighted by Gasteiger charge is 2.17. The predicted molar refractivity (Wildman–Crippen MR) is 108 cm³/mol. The van der Waals surface area contributed by atoms with Crippen molar-refractivity contribution in [3.05, 3.63) is 57.3 Å². The average Bonchev–Trinajstić information content (AvgIpc) is 3.27. The second kappa shape index (κ2) is 9.31. The van der Waals surface area contributed by atoms with Gasteiger partial charge in [-0.1, -0.05) is 23.4 Å².